The lowest BCUT2D eigenvalue weighted by molar-refractivity contribution is -0.116. The minimum atomic E-state index is -2.86. The molecule has 308 valence electrons. The molecule has 3 N–H and O–H groups in total. The van der Waals surface area contributed by atoms with Crippen molar-refractivity contribution in [3.8, 4) is 11.5 Å². The van der Waals surface area contributed by atoms with Gasteiger partial charge in [0.2, 0.25) is 0 Å². The lowest BCUT2D eigenvalue weighted by Crippen LogP contribution is -2.42. The number of hydrogen-bond acceptors (Lipinski definition) is 11. The lowest BCUT2D eigenvalue weighted by atomic mass is 9.86. The van der Waals surface area contributed by atoms with Crippen molar-refractivity contribution in [2.45, 2.75) is 63.8 Å². The normalized spacial score (nSPS) is 18.3. The van der Waals surface area contributed by atoms with Crippen LogP contribution in [0.3, 0.4) is 0 Å². The highest BCUT2D eigenvalue weighted by atomic mass is 19.3. The number of rotatable bonds is 15. The summed E-state index contributed by atoms with van der Waals surface area (Å²) in [6.45, 7) is 4.29. The summed E-state index contributed by atoms with van der Waals surface area (Å²) in [5.74, 6) is -1.04. The van der Waals surface area contributed by atoms with E-state index in [1.807, 2.05) is 24.3 Å². The third-order valence-corrected chi connectivity index (χ3v) is 11.1. The SMILES string of the molecule is O=C1NC(=O)c2c(Oc3cccc(CCCCCNCC4CCC(n5cc(NC(=O)c6cnn7ccc(N8CCOCC8)nc67)c(C(F)F)n5)CC4)c3)cccc2C1=O. The zero-order valence-electron chi connectivity index (χ0n) is 32.4. The molecule has 8 rings (SSSR count). The molecule has 1 aliphatic carbocycles. The molecule has 15 nitrogen and oxygen atoms in total. The Morgan fingerprint density at radius 3 is 2.61 bits per heavy atom. The van der Waals surface area contributed by atoms with Gasteiger partial charge in [0, 0.05) is 31.0 Å². The number of ketones is 1. The van der Waals surface area contributed by atoms with Crippen LogP contribution in [0.25, 0.3) is 5.65 Å². The number of morpholine rings is 1. The van der Waals surface area contributed by atoms with Gasteiger partial charge in [0.15, 0.2) is 11.3 Å². The van der Waals surface area contributed by atoms with E-state index in [4.69, 9.17) is 9.47 Å². The van der Waals surface area contributed by atoms with E-state index in [1.54, 1.807) is 29.1 Å². The Labute approximate surface area is 338 Å². The van der Waals surface area contributed by atoms with E-state index < -0.39 is 35.6 Å². The lowest BCUT2D eigenvalue weighted by Gasteiger charge is -2.29. The van der Waals surface area contributed by atoms with Crippen molar-refractivity contribution in [1.29, 1.82) is 0 Å². The van der Waals surface area contributed by atoms with Crippen LogP contribution in [-0.2, 0) is 16.0 Å². The first-order valence-corrected chi connectivity index (χ1v) is 20.1. The van der Waals surface area contributed by atoms with Crippen LogP contribution in [-0.4, -0.2) is 87.3 Å². The number of carbonyl (C=O) groups excluding carboxylic acids is 4. The molecule has 2 fully saturated rings. The largest absolute Gasteiger partial charge is 0.457 e. The number of fused-ring (bicyclic) bond motifs is 2. The maximum Gasteiger partial charge on any atom is 0.299 e. The Kier molecular flexibility index (Phi) is 12.0. The zero-order chi connectivity index (χ0) is 40.9. The molecule has 5 heterocycles. The number of ether oxygens (including phenoxy) is 2. The summed E-state index contributed by atoms with van der Waals surface area (Å²) < 4.78 is 42.8. The van der Waals surface area contributed by atoms with Crippen LogP contribution < -0.4 is 25.6 Å². The molecule has 3 aromatic heterocycles. The van der Waals surface area contributed by atoms with Crippen LogP contribution in [0.1, 0.15) is 99.7 Å². The number of imide groups is 1. The van der Waals surface area contributed by atoms with Crippen molar-refractivity contribution < 1.29 is 37.4 Å². The highest BCUT2D eigenvalue weighted by Crippen LogP contribution is 2.35. The number of carbonyl (C=O) groups is 4. The van der Waals surface area contributed by atoms with Gasteiger partial charge in [-0.3, -0.25) is 29.2 Å². The van der Waals surface area contributed by atoms with Gasteiger partial charge in [0.1, 0.15) is 22.9 Å². The summed E-state index contributed by atoms with van der Waals surface area (Å²) in [6, 6.07) is 14.0. The molecular formula is C42H45F2N9O6. The van der Waals surface area contributed by atoms with Crippen molar-refractivity contribution in [2.24, 2.45) is 5.92 Å². The van der Waals surface area contributed by atoms with Gasteiger partial charge in [0.05, 0.1) is 36.7 Å². The molecule has 0 bridgehead atoms. The minimum Gasteiger partial charge on any atom is -0.457 e. The first-order chi connectivity index (χ1) is 28.7. The van der Waals surface area contributed by atoms with E-state index in [9.17, 15) is 28.0 Å². The standard InChI is InChI=1S/C42H45F2N9O6/c43-38(44)36-32(47-40(55)31-24-46-52-17-15-34(48-39(31)52)51-18-20-58-21-19-51)25-53(50-36)28-13-11-27(12-14-28)23-45-16-3-1-2-6-26-7-4-8-29(22-26)59-33-10-5-9-30-35(33)41(56)49-42(57)37(30)54/h4-5,7-10,15,17,22,24-25,27-28,38,45H,1-3,6,11-14,16,18-21,23H2,(H,47,55)(H,49,56,57). The van der Waals surface area contributed by atoms with Crippen molar-refractivity contribution in [3.63, 3.8) is 0 Å². The number of aromatic nitrogens is 5. The average molecular weight is 810 g/mol. The Balaban J connectivity index is 0.766. The van der Waals surface area contributed by atoms with E-state index in [-0.39, 0.29) is 34.2 Å². The number of alkyl halides is 2. The molecule has 0 spiro atoms. The summed E-state index contributed by atoms with van der Waals surface area (Å²) in [7, 11) is 0. The van der Waals surface area contributed by atoms with Crippen LogP contribution in [0.5, 0.6) is 11.5 Å². The fraction of sp³-hybridized carbons (Fsp3) is 0.405. The first kappa shape index (κ1) is 39.7. The number of anilines is 2. The van der Waals surface area contributed by atoms with Crippen LogP contribution in [0.4, 0.5) is 20.3 Å². The summed E-state index contributed by atoms with van der Waals surface area (Å²) >= 11 is 0. The number of unbranched alkanes of at least 4 members (excludes halogenated alkanes) is 2. The van der Waals surface area contributed by atoms with Gasteiger partial charge in [-0.15, -0.1) is 0 Å². The topological polar surface area (TPSA) is 174 Å². The van der Waals surface area contributed by atoms with Crippen LogP contribution in [0.2, 0.25) is 0 Å². The maximum atomic E-state index is 14.2. The zero-order valence-corrected chi connectivity index (χ0v) is 32.4. The predicted molar refractivity (Wildman–Crippen MR) is 212 cm³/mol. The van der Waals surface area contributed by atoms with Crippen molar-refractivity contribution in [3.05, 3.63) is 95.1 Å². The molecule has 2 aromatic carbocycles. The van der Waals surface area contributed by atoms with Gasteiger partial charge in [-0.1, -0.05) is 24.6 Å². The fourth-order valence-corrected chi connectivity index (χ4v) is 7.98. The monoisotopic (exact) mass is 809 g/mol. The molecule has 3 aliphatic rings. The molecule has 59 heavy (non-hydrogen) atoms. The Bertz CT molecular complexity index is 2350. The maximum absolute atomic E-state index is 14.2. The number of benzene rings is 2. The number of aryl methyl sites for hydroxylation is 1. The fourth-order valence-electron chi connectivity index (χ4n) is 7.98. The molecule has 0 unspecified atom stereocenters. The molecule has 0 radical (unpaired) electrons. The van der Waals surface area contributed by atoms with E-state index in [2.05, 4.69) is 36.0 Å². The highest BCUT2D eigenvalue weighted by molar-refractivity contribution is 6.49. The molecular weight excluding hydrogens is 765 g/mol. The summed E-state index contributed by atoms with van der Waals surface area (Å²) in [5, 5.41) is 16.8. The van der Waals surface area contributed by atoms with Crippen molar-refractivity contribution >= 4 is 40.7 Å². The van der Waals surface area contributed by atoms with Crippen molar-refractivity contribution in [2.75, 3.05) is 49.6 Å². The van der Waals surface area contributed by atoms with Gasteiger partial charge < -0.3 is 25.0 Å². The second-order valence-corrected chi connectivity index (χ2v) is 15.1. The van der Waals surface area contributed by atoms with E-state index in [0.717, 1.165) is 70.0 Å². The van der Waals surface area contributed by atoms with Crippen LogP contribution >= 0.6 is 0 Å². The molecule has 1 saturated carbocycles. The highest BCUT2D eigenvalue weighted by Gasteiger charge is 2.33. The summed E-state index contributed by atoms with van der Waals surface area (Å²) in [4.78, 5) is 56.6. The average Bonchev–Trinajstić information content (AvgIpc) is 3.88. The molecule has 3 amide bonds. The number of Topliss-reactive ketones (excluding diaryl/α,β-unsaturated/α-hetero) is 1. The quantitative estimate of drug-likeness (QED) is 0.0650. The Morgan fingerprint density at radius 1 is 0.983 bits per heavy atom. The summed E-state index contributed by atoms with van der Waals surface area (Å²) in [6.07, 6.45) is 9.12. The second-order valence-electron chi connectivity index (χ2n) is 15.1. The summed E-state index contributed by atoms with van der Waals surface area (Å²) in [5.41, 5.74) is 1.21. The first-order valence-electron chi connectivity index (χ1n) is 20.1. The number of hydrogen-bond donors (Lipinski definition) is 3. The van der Waals surface area contributed by atoms with Gasteiger partial charge in [-0.05, 0) is 99.8 Å². The molecule has 0 atom stereocenters. The smallest absolute Gasteiger partial charge is 0.299 e. The Morgan fingerprint density at radius 2 is 1.80 bits per heavy atom. The van der Waals surface area contributed by atoms with E-state index in [1.165, 1.54) is 23.0 Å². The second kappa shape index (κ2) is 17.8. The van der Waals surface area contributed by atoms with Crippen molar-refractivity contribution in [1.82, 2.24) is 35.0 Å². The molecule has 1 saturated heterocycles. The number of nitrogens with one attached hydrogen (secondary N) is 3. The van der Waals surface area contributed by atoms with Crippen LogP contribution in [0.15, 0.2) is 67.1 Å². The van der Waals surface area contributed by atoms with Gasteiger partial charge in [-0.2, -0.15) is 10.2 Å². The minimum absolute atomic E-state index is 0.0160. The third-order valence-electron chi connectivity index (χ3n) is 11.1. The van der Waals surface area contributed by atoms with Gasteiger partial charge in [0.25, 0.3) is 29.9 Å². The third kappa shape index (κ3) is 9.00. The van der Waals surface area contributed by atoms with E-state index in [0.29, 0.717) is 49.4 Å². The molecule has 5 aromatic rings. The molecule has 2 aliphatic heterocycles. The Hall–Kier alpha value is -6.07. The van der Waals surface area contributed by atoms with Gasteiger partial charge >= 0.3 is 0 Å². The molecule has 17 heteroatoms. The van der Waals surface area contributed by atoms with Gasteiger partial charge in [-0.25, -0.2) is 18.3 Å². The number of amides is 3. The van der Waals surface area contributed by atoms with E-state index >= 15 is 0 Å². The van der Waals surface area contributed by atoms with Crippen LogP contribution in [0, 0.1) is 5.92 Å². The predicted octanol–water partition coefficient (Wildman–Crippen LogP) is 5.93. The number of halogens is 2. The number of nitrogens with zero attached hydrogens (tertiary/aromatic N) is 6.